The van der Waals surface area contributed by atoms with E-state index in [-0.39, 0.29) is 29.0 Å². The van der Waals surface area contributed by atoms with Crippen LogP contribution in [0.2, 0.25) is 5.02 Å². The van der Waals surface area contributed by atoms with Crippen molar-refractivity contribution in [2.24, 2.45) is 5.92 Å². The summed E-state index contributed by atoms with van der Waals surface area (Å²) in [5.41, 5.74) is 1.30. The van der Waals surface area contributed by atoms with Crippen LogP contribution in [0.3, 0.4) is 0 Å². The summed E-state index contributed by atoms with van der Waals surface area (Å²) in [5.74, 6) is 0.00341. The molecular weight excluding hydrogens is 548 g/mol. The summed E-state index contributed by atoms with van der Waals surface area (Å²) < 4.78 is 43.0. The van der Waals surface area contributed by atoms with E-state index in [1.165, 1.54) is 29.4 Å². The van der Waals surface area contributed by atoms with Gasteiger partial charge in [-0.05, 0) is 43.0 Å². The van der Waals surface area contributed by atoms with Crippen LogP contribution >= 0.6 is 11.6 Å². The molecule has 1 amide bonds. The molecule has 13 heteroatoms. The summed E-state index contributed by atoms with van der Waals surface area (Å²) >= 11 is 6.34. The predicted octanol–water partition coefficient (Wildman–Crippen LogP) is 4.99. The molecule has 0 radical (unpaired) electrons. The Balaban J connectivity index is 1.35. The Bertz CT molecular complexity index is 1680. The lowest BCUT2D eigenvalue weighted by molar-refractivity contribution is -0.286. The third kappa shape index (κ3) is 4.94. The van der Waals surface area contributed by atoms with Crippen molar-refractivity contribution in [3.05, 3.63) is 58.1 Å². The topological polar surface area (TPSA) is 112 Å². The number of carbonyl (C=O) groups is 1. The van der Waals surface area contributed by atoms with Gasteiger partial charge in [0.15, 0.2) is 17.0 Å². The first kappa shape index (κ1) is 26.1. The maximum absolute atomic E-state index is 13.6. The van der Waals surface area contributed by atoms with Crippen molar-refractivity contribution >= 4 is 34.2 Å². The second kappa shape index (κ2) is 9.77. The number of nitrogens with one attached hydrogen (secondary N) is 1. The van der Waals surface area contributed by atoms with E-state index >= 15 is 0 Å². The number of halogens is 3. The fourth-order valence-corrected chi connectivity index (χ4v) is 4.66. The minimum absolute atomic E-state index is 0.112. The lowest BCUT2D eigenvalue weighted by Gasteiger charge is -2.23. The van der Waals surface area contributed by atoms with Crippen LogP contribution in [0.25, 0.3) is 22.3 Å². The zero-order chi connectivity index (χ0) is 28.2. The summed E-state index contributed by atoms with van der Waals surface area (Å²) in [6, 6.07) is 9.16. The quantitative estimate of drug-likeness (QED) is 0.317. The highest BCUT2D eigenvalue weighted by atomic mass is 35.5. The van der Waals surface area contributed by atoms with Gasteiger partial charge in [-0.1, -0.05) is 31.5 Å². The summed E-state index contributed by atoms with van der Waals surface area (Å²) in [6.45, 7) is 4.09. The van der Waals surface area contributed by atoms with Crippen LogP contribution in [-0.4, -0.2) is 44.6 Å². The van der Waals surface area contributed by atoms with Gasteiger partial charge in [0.2, 0.25) is 5.91 Å². The van der Waals surface area contributed by atoms with Crippen molar-refractivity contribution in [3.8, 4) is 28.5 Å². The number of anilines is 1. The Hall–Kier alpha value is -4.19. The van der Waals surface area contributed by atoms with Gasteiger partial charge in [0, 0.05) is 23.4 Å². The number of nitrogens with zero attached hydrogens (tertiary/aromatic N) is 4. The molecular formula is C27H24ClF2N5O5. The number of aromatic nitrogens is 4. The zero-order valence-electron chi connectivity index (χ0n) is 21.5. The van der Waals surface area contributed by atoms with Crippen molar-refractivity contribution in [2.75, 3.05) is 11.5 Å². The van der Waals surface area contributed by atoms with E-state index in [0.717, 1.165) is 17.5 Å². The minimum Gasteiger partial charge on any atom is -0.492 e. The van der Waals surface area contributed by atoms with Gasteiger partial charge >= 0.3 is 6.29 Å². The van der Waals surface area contributed by atoms with Crippen molar-refractivity contribution in [2.45, 2.75) is 45.6 Å². The highest BCUT2D eigenvalue weighted by Gasteiger charge is 2.44. The summed E-state index contributed by atoms with van der Waals surface area (Å²) in [7, 11) is 0. The van der Waals surface area contributed by atoms with E-state index in [1.54, 1.807) is 18.2 Å². The van der Waals surface area contributed by atoms with E-state index in [2.05, 4.69) is 24.5 Å². The second-order valence-electron chi connectivity index (χ2n) is 10.1. The highest BCUT2D eigenvalue weighted by Crippen LogP contribution is 2.44. The number of rotatable bonds is 8. The number of benzene rings is 2. The zero-order valence-corrected chi connectivity index (χ0v) is 22.2. The van der Waals surface area contributed by atoms with Crippen LogP contribution < -0.4 is 24.7 Å². The Morgan fingerprint density at radius 1 is 1.23 bits per heavy atom. The Labute approximate surface area is 231 Å². The molecule has 1 aliphatic heterocycles. The van der Waals surface area contributed by atoms with Gasteiger partial charge in [-0.3, -0.25) is 9.59 Å². The Morgan fingerprint density at radius 3 is 2.75 bits per heavy atom. The van der Waals surface area contributed by atoms with Crippen LogP contribution in [0, 0.1) is 5.92 Å². The smallest absolute Gasteiger partial charge is 0.492 e. The monoisotopic (exact) mass is 571 g/mol. The predicted molar refractivity (Wildman–Crippen MR) is 142 cm³/mol. The SMILES string of the molecule is CC(C)COc1cc(-c2nn(CC(=O)N(c3ccc4c(c3)OC(F)(F)O4)C3CC3)c(=O)c3nc[nH]c23)ccc1Cl. The first-order chi connectivity index (χ1) is 19.1. The number of alkyl halides is 2. The molecule has 2 aromatic heterocycles. The number of imidazole rings is 1. The number of ether oxygens (including phenoxy) is 3. The third-order valence-corrected chi connectivity index (χ3v) is 6.75. The number of hydrogen-bond donors (Lipinski definition) is 1. The van der Waals surface area contributed by atoms with Crippen LogP contribution in [0.5, 0.6) is 17.2 Å². The number of H-pyrrole nitrogens is 1. The highest BCUT2D eigenvalue weighted by molar-refractivity contribution is 6.32. The van der Waals surface area contributed by atoms with Gasteiger partial charge in [0.25, 0.3) is 5.56 Å². The molecule has 4 aromatic rings. The van der Waals surface area contributed by atoms with E-state index in [0.29, 0.717) is 39.8 Å². The molecule has 1 fully saturated rings. The van der Waals surface area contributed by atoms with Gasteiger partial charge in [0.05, 0.1) is 23.5 Å². The normalized spacial score (nSPS) is 15.6. The standard InChI is InChI=1S/C27H24ClF2N5O5/c1-14(2)12-38-20-9-15(3-7-18(20)28)23-24-25(32-13-31-24)26(37)34(33-23)11-22(36)35(16-4-5-16)17-6-8-19-21(10-17)40-27(29,30)39-19/h3,6-10,13-14,16H,4-5,11-12H2,1-2H3,(H,31,32). The maximum atomic E-state index is 13.6. The van der Waals surface area contributed by atoms with Crippen LogP contribution in [0.4, 0.5) is 14.5 Å². The molecule has 1 aliphatic carbocycles. The Morgan fingerprint density at radius 2 is 2.00 bits per heavy atom. The minimum atomic E-state index is -3.77. The van der Waals surface area contributed by atoms with E-state index in [9.17, 15) is 18.4 Å². The Kier molecular flexibility index (Phi) is 6.37. The van der Waals surface area contributed by atoms with Crippen molar-refractivity contribution in [1.82, 2.24) is 19.7 Å². The van der Waals surface area contributed by atoms with E-state index in [1.807, 2.05) is 13.8 Å². The van der Waals surface area contributed by atoms with Crippen LogP contribution in [-0.2, 0) is 11.3 Å². The van der Waals surface area contributed by atoms with Crippen LogP contribution in [0.15, 0.2) is 47.5 Å². The molecule has 0 unspecified atom stereocenters. The number of hydrogen-bond acceptors (Lipinski definition) is 7. The lowest BCUT2D eigenvalue weighted by Crippen LogP contribution is -2.39. The first-order valence-electron chi connectivity index (χ1n) is 12.7. The van der Waals surface area contributed by atoms with Gasteiger partial charge in [-0.15, -0.1) is 8.78 Å². The molecule has 1 saturated carbocycles. The van der Waals surface area contributed by atoms with Gasteiger partial charge in [-0.25, -0.2) is 9.67 Å². The van der Waals surface area contributed by atoms with E-state index in [4.69, 9.17) is 16.3 Å². The number of carbonyl (C=O) groups excluding carboxylic acids is 1. The summed E-state index contributed by atoms with van der Waals surface area (Å²) in [4.78, 5) is 35.4. The molecule has 6 rings (SSSR count). The fourth-order valence-electron chi connectivity index (χ4n) is 4.49. The molecule has 0 saturated heterocycles. The largest absolute Gasteiger partial charge is 0.586 e. The molecule has 40 heavy (non-hydrogen) atoms. The average Bonchev–Trinajstić information content (AvgIpc) is 3.49. The third-order valence-electron chi connectivity index (χ3n) is 6.44. The van der Waals surface area contributed by atoms with Crippen LogP contribution in [0.1, 0.15) is 26.7 Å². The molecule has 2 aliphatic rings. The first-order valence-corrected chi connectivity index (χ1v) is 13.1. The molecule has 3 heterocycles. The number of aromatic amines is 1. The van der Waals surface area contributed by atoms with Gasteiger partial charge < -0.3 is 24.1 Å². The van der Waals surface area contributed by atoms with Crippen molar-refractivity contribution < 1.29 is 27.8 Å². The molecule has 0 spiro atoms. The van der Waals surface area contributed by atoms with Gasteiger partial charge in [0.1, 0.15) is 18.0 Å². The van der Waals surface area contributed by atoms with Crippen molar-refractivity contribution in [3.63, 3.8) is 0 Å². The summed E-state index contributed by atoms with van der Waals surface area (Å²) in [6.07, 6.45) is -0.934. The van der Waals surface area contributed by atoms with Crippen molar-refractivity contribution in [1.29, 1.82) is 0 Å². The molecule has 0 atom stereocenters. The fraction of sp³-hybridized carbons (Fsp3) is 0.333. The molecule has 10 nitrogen and oxygen atoms in total. The second-order valence-corrected chi connectivity index (χ2v) is 10.5. The molecule has 1 N–H and O–H groups in total. The molecule has 2 aromatic carbocycles. The maximum Gasteiger partial charge on any atom is 0.586 e. The number of amides is 1. The number of fused-ring (bicyclic) bond motifs is 2. The molecule has 208 valence electrons. The average molecular weight is 572 g/mol. The molecule has 0 bridgehead atoms. The van der Waals surface area contributed by atoms with Gasteiger partial charge in [-0.2, -0.15) is 5.10 Å². The lowest BCUT2D eigenvalue weighted by atomic mass is 10.1. The van der Waals surface area contributed by atoms with E-state index < -0.39 is 24.3 Å². The summed E-state index contributed by atoms with van der Waals surface area (Å²) in [5, 5.41) is 4.95.